The summed E-state index contributed by atoms with van der Waals surface area (Å²) in [7, 11) is 0. The lowest BCUT2D eigenvalue weighted by atomic mass is 16.0. The van der Waals surface area contributed by atoms with Gasteiger partial charge in [0.2, 0.25) is 0 Å². The topological polar surface area (TPSA) is 66.3 Å². The van der Waals surface area contributed by atoms with E-state index >= 15 is 0 Å². The van der Waals surface area contributed by atoms with Crippen molar-refractivity contribution in [3.63, 3.8) is 0 Å². The lowest BCUT2D eigenvalue weighted by Gasteiger charge is -1.67. The van der Waals surface area contributed by atoms with Crippen LogP contribution >= 0.6 is 0 Å². The molecule has 0 aliphatic rings. The minimum atomic E-state index is -3.76. The van der Waals surface area contributed by atoms with E-state index < -0.39 is 21.1 Å². The molecule has 0 aromatic heterocycles. The molecule has 0 atom stereocenters. The van der Waals surface area contributed by atoms with E-state index in [4.69, 9.17) is 10.3 Å². The Morgan fingerprint density at radius 2 is 1.40 bits per heavy atom. The van der Waals surface area contributed by atoms with Crippen LogP contribution in [0.2, 0.25) is 0 Å². The molecule has 0 unspecified atom stereocenters. The summed E-state index contributed by atoms with van der Waals surface area (Å²) in [5, 5.41) is 0. The summed E-state index contributed by atoms with van der Waals surface area (Å²) in [5.74, 6) is 0. The van der Waals surface area contributed by atoms with Crippen LogP contribution in [0.3, 0.4) is 0 Å². The third-order valence-corrected chi connectivity index (χ3v) is 0. The molecule has 0 rings (SSSR count). The molecule has 0 heterocycles. The standard InChI is InChI=1S/HIO3.Mg.2H/c2-1(3)4;;;/h2H;;;. The third kappa shape index (κ3) is 32.4. The molecule has 5 heavy (non-hydrogen) atoms. The predicted molar refractivity (Wildman–Crippen MR) is 10.8 cm³/mol. The van der Waals surface area contributed by atoms with Crippen LogP contribution in [-0.4, -0.2) is 26.5 Å². The van der Waals surface area contributed by atoms with Gasteiger partial charge in [0.25, 0.3) is 0 Å². The molecule has 0 spiro atoms. The molecular formula is H3IMgO3. The molecule has 1 N–H and O–H groups in total. The number of halogens is 1. The van der Waals surface area contributed by atoms with Crippen LogP contribution in [0.15, 0.2) is 0 Å². The van der Waals surface area contributed by atoms with Crippen molar-refractivity contribution in [3.05, 3.63) is 0 Å². The van der Waals surface area contributed by atoms with Crippen LogP contribution in [0, 0.1) is 0 Å². The second kappa shape index (κ2) is 5.38. The molecule has 0 aliphatic carbocycles. The summed E-state index contributed by atoms with van der Waals surface area (Å²) in [5.41, 5.74) is 0. The second-order valence-corrected chi connectivity index (χ2v) is 1.35. The highest BCUT2D eigenvalue weighted by atomic mass is 127. The zero-order valence-electron chi connectivity index (χ0n) is 1.64. The monoisotopic (exact) mass is 202 g/mol. The Hall–Kier alpha value is 1.38. The van der Waals surface area contributed by atoms with Gasteiger partial charge in [0.1, 0.15) is 0 Å². The van der Waals surface area contributed by atoms with Gasteiger partial charge in [-0.3, -0.25) is 0 Å². The molecular weight excluding hydrogens is 199 g/mol. The normalized spacial score (nSPS) is 7.20. The first kappa shape index (κ1) is 9.62. The van der Waals surface area contributed by atoms with Crippen LogP contribution in [0.5, 0.6) is 0 Å². The maximum absolute atomic E-state index is 8.68. The molecule has 0 amide bonds. The third-order valence-electron chi connectivity index (χ3n) is 0. The van der Waals surface area contributed by atoms with Crippen molar-refractivity contribution in [2.24, 2.45) is 0 Å². The molecule has 0 bridgehead atoms. The van der Waals surface area contributed by atoms with E-state index in [0.717, 1.165) is 0 Å². The summed E-state index contributed by atoms with van der Waals surface area (Å²) < 4.78 is 24.5. The smallest absolute Gasteiger partial charge is 0.396 e. The molecule has 0 radical (unpaired) electrons. The number of rotatable bonds is 0. The van der Waals surface area contributed by atoms with E-state index in [1.54, 1.807) is 0 Å². The van der Waals surface area contributed by atoms with Gasteiger partial charge in [0.05, 0.1) is 0 Å². The predicted octanol–water partition coefficient (Wildman–Crippen LogP) is -6.85. The first-order valence-corrected chi connectivity index (χ1v) is 3.20. The van der Waals surface area contributed by atoms with E-state index in [2.05, 4.69) is 0 Å². The Morgan fingerprint density at radius 1 is 1.40 bits per heavy atom. The Morgan fingerprint density at radius 3 is 1.40 bits per heavy atom. The van der Waals surface area contributed by atoms with Gasteiger partial charge in [-0.1, -0.05) is 0 Å². The van der Waals surface area contributed by atoms with Crippen LogP contribution in [-0.2, 0) is 0 Å². The van der Waals surface area contributed by atoms with Crippen molar-refractivity contribution in [2.75, 3.05) is 0 Å². The van der Waals surface area contributed by atoms with Gasteiger partial charge in [-0.2, -0.15) is 0 Å². The Kier molecular flexibility index (Phi) is 10.3. The average molecular weight is 202 g/mol. The van der Waals surface area contributed by atoms with Crippen molar-refractivity contribution in [2.45, 2.75) is 0 Å². The Bertz CT molecular complexity index is 11.6. The molecule has 30 valence electrons. The zero-order chi connectivity index (χ0) is 3.58. The van der Waals surface area contributed by atoms with Gasteiger partial charge in [-0.25, -0.2) is 0 Å². The summed E-state index contributed by atoms with van der Waals surface area (Å²) in [6.45, 7) is 0. The van der Waals surface area contributed by atoms with Gasteiger partial charge in [-0.15, -0.1) is 0 Å². The molecule has 0 fully saturated rings. The maximum atomic E-state index is 8.68. The summed E-state index contributed by atoms with van der Waals surface area (Å²) >= 11 is -3.76. The zero-order valence-corrected chi connectivity index (χ0v) is 3.80. The molecule has 0 aromatic carbocycles. The van der Waals surface area contributed by atoms with E-state index in [-0.39, 0.29) is 23.1 Å². The SMILES string of the molecule is [MgH2].[O-][I+2]([O-])O. The largest absolute Gasteiger partial charge is 0.503 e. The summed E-state index contributed by atoms with van der Waals surface area (Å²) in [6.07, 6.45) is 0. The van der Waals surface area contributed by atoms with Crippen molar-refractivity contribution >= 4 is 23.1 Å². The van der Waals surface area contributed by atoms with Crippen molar-refractivity contribution in [1.29, 1.82) is 0 Å². The number of hydrogen-bond acceptors (Lipinski definition) is 3. The maximum Gasteiger partial charge on any atom is 0.503 e. The van der Waals surface area contributed by atoms with Gasteiger partial charge in [-0.05, 0) is 3.44 Å². The highest BCUT2D eigenvalue weighted by Crippen LogP contribution is 0.251. The molecule has 3 nitrogen and oxygen atoms in total. The minimum absolute atomic E-state index is 0. The van der Waals surface area contributed by atoms with Crippen LogP contribution in [0.1, 0.15) is 0 Å². The van der Waals surface area contributed by atoms with E-state index in [1.165, 1.54) is 0 Å². The number of hydrogen-bond donors (Lipinski definition) is 1. The molecule has 0 aliphatic heterocycles. The van der Waals surface area contributed by atoms with Crippen LogP contribution < -0.4 is 27.9 Å². The summed E-state index contributed by atoms with van der Waals surface area (Å²) in [4.78, 5) is 0. The fourth-order valence-corrected chi connectivity index (χ4v) is 0. The van der Waals surface area contributed by atoms with Gasteiger partial charge >= 0.3 is 44.1 Å². The summed E-state index contributed by atoms with van der Waals surface area (Å²) in [6, 6.07) is 0. The first-order valence-electron chi connectivity index (χ1n) is 0.478. The van der Waals surface area contributed by atoms with E-state index in [9.17, 15) is 0 Å². The van der Waals surface area contributed by atoms with E-state index in [0.29, 0.717) is 0 Å². The van der Waals surface area contributed by atoms with Gasteiger partial charge in [0.15, 0.2) is 0 Å². The lowest BCUT2D eigenvalue weighted by molar-refractivity contribution is -1.63. The average Bonchev–Trinajstić information content (AvgIpc) is 0.811. The van der Waals surface area contributed by atoms with Crippen LogP contribution in [0.4, 0.5) is 0 Å². The highest BCUT2D eigenvalue weighted by Gasteiger charge is 1.89. The Balaban J connectivity index is 0. The first-order chi connectivity index (χ1) is 1.73. The van der Waals surface area contributed by atoms with Crippen molar-refractivity contribution in [3.8, 4) is 0 Å². The fraction of sp³-hybridized carbons (Fsp3) is 0. The van der Waals surface area contributed by atoms with Gasteiger partial charge < -0.3 is 6.87 Å². The molecule has 0 saturated carbocycles. The minimum Gasteiger partial charge on any atom is -0.396 e. The van der Waals surface area contributed by atoms with E-state index in [1.807, 2.05) is 0 Å². The lowest BCUT2D eigenvalue weighted by Crippen LogP contribution is -3.98. The molecule has 0 saturated heterocycles. The van der Waals surface area contributed by atoms with Gasteiger partial charge in [0, 0.05) is 0 Å². The van der Waals surface area contributed by atoms with Crippen LogP contribution in [0.25, 0.3) is 0 Å². The molecule has 0 aromatic rings. The Labute approximate surface area is 54.2 Å². The fourth-order valence-electron chi connectivity index (χ4n) is 0. The molecule has 5 heteroatoms. The second-order valence-electron chi connectivity index (χ2n) is 0.201. The highest BCUT2D eigenvalue weighted by molar-refractivity contribution is 5.75. The van der Waals surface area contributed by atoms with Crippen molar-refractivity contribution in [1.82, 2.24) is 0 Å². The van der Waals surface area contributed by atoms with Crippen molar-refractivity contribution < 1.29 is 31.4 Å². The quantitative estimate of drug-likeness (QED) is 0.313.